The summed E-state index contributed by atoms with van der Waals surface area (Å²) >= 11 is 1.79. The molecule has 7 atom stereocenters. The van der Waals surface area contributed by atoms with Crippen LogP contribution in [0.4, 0.5) is 0 Å². The first-order valence-electron chi connectivity index (χ1n) is 13.6. The third-order valence-electron chi connectivity index (χ3n) is 10.2. The van der Waals surface area contributed by atoms with Crippen LogP contribution in [-0.2, 0) is 14.0 Å². The van der Waals surface area contributed by atoms with Crippen molar-refractivity contribution in [3.8, 4) is 5.75 Å². The zero-order chi connectivity index (χ0) is 24.5. The van der Waals surface area contributed by atoms with Gasteiger partial charge in [-0.25, -0.2) is 4.79 Å². The standard InChI is InChI=1S/C28H37BO5S/c1-14(15-7-8-15)35-20-10-9-17(24-23(20)25(30)32-27(4,5)31-24)18-13-19(18)29-33-22-12-16-11-21(26(16,2)3)28(22,6)34-29/h9-10,14-16,18-19,21-22H,7-8,11-13H2,1-6H3/t14-,16+,18-,19-,21+,22-,28-/m0/s1. The fourth-order valence-corrected chi connectivity index (χ4v) is 8.94. The molecule has 5 aliphatic carbocycles. The average Bonchev–Trinajstić information content (AvgIpc) is 3.68. The van der Waals surface area contributed by atoms with E-state index >= 15 is 0 Å². The molecule has 1 saturated heterocycles. The van der Waals surface area contributed by atoms with Gasteiger partial charge in [-0.3, -0.25) is 0 Å². The van der Waals surface area contributed by atoms with E-state index in [0.717, 1.165) is 40.9 Å². The number of hydrogen-bond acceptors (Lipinski definition) is 6. The van der Waals surface area contributed by atoms with Crippen molar-refractivity contribution in [2.75, 3.05) is 0 Å². The van der Waals surface area contributed by atoms with Crippen molar-refractivity contribution in [2.24, 2.45) is 23.2 Å². The second kappa shape index (κ2) is 7.23. The normalized spacial score (nSPS) is 40.7. The van der Waals surface area contributed by atoms with Crippen molar-refractivity contribution < 1.29 is 23.6 Å². The molecule has 188 valence electrons. The van der Waals surface area contributed by atoms with Crippen LogP contribution in [0.5, 0.6) is 5.75 Å². The van der Waals surface area contributed by atoms with Crippen LogP contribution in [0.3, 0.4) is 0 Å². The Labute approximate surface area is 213 Å². The Balaban J connectivity index is 1.16. The number of esters is 1. The summed E-state index contributed by atoms with van der Waals surface area (Å²) in [5, 5.41) is 0.487. The lowest BCUT2D eigenvalue weighted by molar-refractivity contribution is -0.199. The number of cyclic esters (lactones) is 1. The monoisotopic (exact) mass is 496 g/mol. The third kappa shape index (κ3) is 3.40. The number of hydrogen-bond donors (Lipinski definition) is 0. The fraction of sp³-hybridized carbons (Fsp3) is 0.750. The summed E-state index contributed by atoms with van der Waals surface area (Å²) in [4.78, 5) is 14.2. The van der Waals surface area contributed by atoms with E-state index in [2.05, 4.69) is 39.8 Å². The molecule has 5 nitrogen and oxygen atoms in total. The maximum Gasteiger partial charge on any atom is 0.461 e. The maximum atomic E-state index is 13.2. The van der Waals surface area contributed by atoms with Gasteiger partial charge in [-0.1, -0.05) is 26.8 Å². The van der Waals surface area contributed by atoms with Gasteiger partial charge >= 0.3 is 13.1 Å². The SMILES string of the molecule is C[C@H](Sc1ccc([C@@H]2C[C@@H]2B2O[C@H]3C[C@H]4C[C@H](C4(C)C)[C@]3(C)O2)c2c1C(=O)OC(C)(C)O2)C1CC1. The van der Waals surface area contributed by atoms with Crippen molar-refractivity contribution in [3.05, 3.63) is 23.3 Å². The van der Waals surface area contributed by atoms with Gasteiger partial charge in [-0.2, -0.15) is 0 Å². The van der Waals surface area contributed by atoms with Gasteiger partial charge in [0.15, 0.2) is 0 Å². The van der Waals surface area contributed by atoms with Gasteiger partial charge in [0.2, 0.25) is 5.79 Å². The van der Waals surface area contributed by atoms with Crippen LogP contribution in [0.1, 0.15) is 95.5 Å². The number of carbonyl (C=O) groups excluding carboxylic acids is 1. The lowest BCUT2D eigenvalue weighted by Gasteiger charge is -2.64. The Hall–Kier alpha value is -1.18. The molecule has 8 rings (SSSR count). The molecule has 7 heteroatoms. The van der Waals surface area contributed by atoms with E-state index in [1.807, 2.05) is 13.8 Å². The minimum absolute atomic E-state index is 0.173. The first-order valence-corrected chi connectivity index (χ1v) is 14.4. The molecule has 35 heavy (non-hydrogen) atoms. The van der Waals surface area contributed by atoms with E-state index in [1.165, 1.54) is 19.3 Å². The molecular weight excluding hydrogens is 459 g/mol. The molecule has 5 saturated carbocycles. The molecule has 0 spiro atoms. The topological polar surface area (TPSA) is 54.0 Å². The van der Waals surface area contributed by atoms with Crippen LogP contribution < -0.4 is 4.74 Å². The predicted molar refractivity (Wildman–Crippen MR) is 136 cm³/mol. The number of rotatable bonds is 5. The Morgan fingerprint density at radius 2 is 1.83 bits per heavy atom. The summed E-state index contributed by atoms with van der Waals surface area (Å²) in [5.74, 6) is 2.13. The number of fused-ring (bicyclic) bond motifs is 1. The van der Waals surface area contributed by atoms with E-state index in [-0.39, 0.29) is 30.7 Å². The molecule has 0 radical (unpaired) electrons. The van der Waals surface area contributed by atoms with Gasteiger partial charge in [-0.05, 0) is 79.7 Å². The molecular formula is C28H37BO5S. The molecule has 0 N–H and O–H groups in total. The van der Waals surface area contributed by atoms with E-state index in [9.17, 15) is 4.79 Å². The minimum atomic E-state index is -0.968. The van der Waals surface area contributed by atoms with E-state index in [0.29, 0.717) is 28.0 Å². The third-order valence-corrected chi connectivity index (χ3v) is 11.5. The highest BCUT2D eigenvalue weighted by Gasteiger charge is 2.70. The largest absolute Gasteiger partial charge is 0.461 e. The van der Waals surface area contributed by atoms with Crippen molar-refractivity contribution >= 4 is 24.8 Å². The summed E-state index contributed by atoms with van der Waals surface area (Å²) in [5.41, 5.74) is 1.88. The second-order valence-electron chi connectivity index (χ2n) is 13.3. The molecule has 0 unspecified atom stereocenters. The molecule has 2 bridgehead atoms. The van der Waals surface area contributed by atoms with Gasteiger partial charge in [0.25, 0.3) is 0 Å². The summed E-state index contributed by atoms with van der Waals surface area (Å²) in [6.45, 7) is 13.0. The van der Waals surface area contributed by atoms with Crippen LogP contribution >= 0.6 is 11.8 Å². The number of ether oxygens (including phenoxy) is 2. The average molecular weight is 496 g/mol. The second-order valence-corrected chi connectivity index (χ2v) is 14.7. The van der Waals surface area contributed by atoms with Crippen molar-refractivity contribution in [1.29, 1.82) is 0 Å². The summed E-state index contributed by atoms with van der Waals surface area (Å²) in [6.07, 6.45) is 6.14. The first kappa shape index (κ1) is 23.0. The van der Waals surface area contributed by atoms with Gasteiger partial charge in [0, 0.05) is 29.8 Å². The van der Waals surface area contributed by atoms with Crippen molar-refractivity contribution in [2.45, 2.75) is 113 Å². The smallest absolute Gasteiger partial charge is 0.452 e. The zero-order valence-electron chi connectivity index (χ0n) is 21.8. The molecule has 2 heterocycles. The lowest BCUT2D eigenvalue weighted by Crippen LogP contribution is -2.65. The molecule has 2 aliphatic heterocycles. The summed E-state index contributed by atoms with van der Waals surface area (Å²) < 4.78 is 25.4. The van der Waals surface area contributed by atoms with Crippen LogP contribution in [0.25, 0.3) is 0 Å². The molecule has 1 aromatic carbocycles. The zero-order valence-corrected chi connectivity index (χ0v) is 22.6. The Kier molecular flexibility index (Phi) is 4.74. The quantitative estimate of drug-likeness (QED) is 0.265. The Morgan fingerprint density at radius 1 is 1.06 bits per heavy atom. The highest BCUT2D eigenvalue weighted by atomic mass is 32.2. The van der Waals surface area contributed by atoms with E-state index in [4.69, 9.17) is 18.8 Å². The maximum absolute atomic E-state index is 13.2. The molecule has 0 aromatic heterocycles. The van der Waals surface area contributed by atoms with Crippen molar-refractivity contribution in [1.82, 2.24) is 0 Å². The van der Waals surface area contributed by atoms with E-state index < -0.39 is 5.79 Å². The van der Waals surface area contributed by atoms with Crippen LogP contribution in [-0.4, -0.2) is 35.8 Å². The number of carbonyl (C=O) groups is 1. The molecule has 7 aliphatic rings. The fourth-order valence-electron chi connectivity index (χ4n) is 7.63. The van der Waals surface area contributed by atoms with Gasteiger partial charge in [-0.15, -0.1) is 11.8 Å². The molecule has 1 aromatic rings. The van der Waals surface area contributed by atoms with Gasteiger partial charge in [0.1, 0.15) is 11.3 Å². The van der Waals surface area contributed by atoms with E-state index in [1.54, 1.807) is 11.8 Å². The van der Waals surface area contributed by atoms with Crippen LogP contribution in [0, 0.1) is 23.2 Å². The first-order chi connectivity index (χ1) is 16.5. The van der Waals surface area contributed by atoms with Crippen LogP contribution in [0.2, 0.25) is 5.82 Å². The molecule has 6 fully saturated rings. The lowest BCUT2D eigenvalue weighted by atomic mass is 9.43. The predicted octanol–water partition coefficient (Wildman–Crippen LogP) is 6.45. The summed E-state index contributed by atoms with van der Waals surface area (Å²) in [7, 11) is -0.173. The van der Waals surface area contributed by atoms with Gasteiger partial charge in [0.05, 0.1) is 11.7 Å². The van der Waals surface area contributed by atoms with Crippen LogP contribution in [0.15, 0.2) is 17.0 Å². The Bertz CT molecular complexity index is 1100. The minimum Gasteiger partial charge on any atom is -0.452 e. The number of benzene rings is 1. The molecule has 0 amide bonds. The highest BCUT2D eigenvalue weighted by Crippen LogP contribution is 2.68. The Morgan fingerprint density at radius 3 is 2.54 bits per heavy atom. The van der Waals surface area contributed by atoms with Gasteiger partial charge < -0.3 is 18.8 Å². The highest BCUT2D eigenvalue weighted by molar-refractivity contribution is 8.00. The van der Waals surface area contributed by atoms with Crippen molar-refractivity contribution in [3.63, 3.8) is 0 Å². The number of thioether (sulfide) groups is 1. The summed E-state index contributed by atoms with van der Waals surface area (Å²) in [6, 6.07) is 4.30.